The van der Waals surface area contributed by atoms with Gasteiger partial charge in [0, 0.05) is 9.85 Å². The van der Waals surface area contributed by atoms with Crippen LogP contribution in [-0.4, -0.2) is 11.5 Å². The molecule has 1 aromatic heterocycles. The molecule has 0 saturated carbocycles. The molecule has 0 bridgehead atoms. The molecule has 3 nitrogen and oxygen atoms in total. The van der Waals surface area contributed by atoms with Gasteiger partial charge in [0.1, 0.15) is 12.4 Å². The lowest BCUT2D eigenvalue weighted by Gasteiger charge is -2.14. The molecule has 2 aromatic rings. The summed E-state index contributed by atoms with van der Waals surface area (Å²) in [5.41, 5.74) is 8.93. The highest BCUT2D eigenvalue weighted by Gasteiger charge is 2.10. The SMILES string of the molecule is CCc1nc(COc2c(C)cc(Br)cc2CCN)cs1. The molecule has 0 unspecified atom stereocenters. The van der Waals surface area contributed by atoms with Crippen LogP contribution < -0.4 is 10.5 Å². The Bertz CT molecular complexity index is 583. The van der Waals surface area contributed by atoms with Crippen LogP contribution in [0.3, 0.4) is 0 Å². The zero-order valence-corrected chi connectivity index (χ0v) is 14.2. The van der Waals surface area contributed by atoms with Crippen molar-refractivity contribution in [3.05, 3.63) is 43.8 Å². The van der Waals surface area contributed by atoms with Crippen molar-refractivity contribution in [2.45, 2.75) is 33.3 Å². The van der Waals surface area contributed by atoms with Crippen LogP contribution >= 0.6 is 27.3 Å². The molecule has 1 aromatic carbocycles. The molecule has 0 aliphatic rings. The maximum absolute atomic E-state index is 5.99. The molecule has 0 spiro atoms. The van der Waals surface area contributed by atoms with Gasteiger partial charge in [0.25, 0.3) is 0 Å². The van der Waals surface area contributed by atoms with Gasteiger partial charge in [0.2, 0.25) is 0 Å². The number of hydrogen-bond donors (Lipinski definition) is 1. The maximum atomic E-state index is 5.99. The number of nitrogens with zero attached hydrogens (tertiary/aromatic N) is 1. The normalized spacial score (nSPS) is 10.8. The molecule has 5 heteroatoms. The molecular weight excluding hydrogens is 336 g/mol. The Kier molecular flexibility index (Phi) is 5.57. The highest BCUT2D eigenvalue weighted by atomic mass is 79.9. The summed E-state index contributed by atoms with van der Waals surface area (Å²) in [7, 11) is 0. The fourth-order valence-electron chi connectivity index (χ4n) is 2.07. The Morgan fingerprint density at radius 1 is 1.40 bits per heavy atom. The molecule has 2 N–H and O–H groups in total. The molecule has 0 aliphatic carbocycles. The van der Waals surface area contributed by atoms with Crippen LogP contribution in [0.4, 0.5) is 0 Å². The van der Waals surface area contributed by atoms with Crippen LogP contribution in [0.2, 0.25) is 0 Å². The highest BCUT2D eigenvalue weighted by molar-refractivity contribution is 9.10. The van der Waals surface area contributed by atoms with Crippen LogP contribution in [0.5, 0.6) is 5.75 Å². The van der Waals surface area contributed by atoms with Crippen molar-refractivity contribution in [3.8, 4) is 5.75 Å². The van der Waals surface area contributed by atoms with Crippen molar-refractivity contribution >= 4 is 27.3 Å². The molecule has 0 saturated heterocycles. The first-order valence-corrected chi connectivity index (χ1v) is 8.36. The van der Waals surface area contributed by atoms with E-state index in [2.05, 4.69) is 52.3 Å². The van der Waals surface area contributed by atoms with Gasteiger partial charge >= 0.3 is 0 Å². The molecule has 20 heavy (non-hydrogen) atoms. The molecule has 0 atom stereocenters. The van der Waals surface area contributed by atoms with Gasteiger partial charge in [-0.25, -0.2) is 4.98 Å². The van der Waals surface area contributed by atoms with E-state index in [9.17, 15) is 0 Å². The first-order chi connectivity index (χ1) is 9.63. The largest absolute Gasteiger partial charge is 0.487 e. The number of thiazole rings is 1. The monoisotopic (exact) mass is 354 g/mol. The van der Waals surface area contributed by atoms with Crippen molar-refractivity contribution in [1.29, 1.82) is 0 Å². The van der Waals surface area contributed by atoms with E-state index in [1.165, 1.54) is 0 Å². The van der Waals surface area contributed by atoms with E-state index in [0.29, 0.717) is 13.2 Å². The van der Waals surface area contributed by atoms with Crippen LogP contribution in [0, 0.1) is 6.92 Å². The zero-order valence-electron chi connectivity index (χ0n) is 11.8. The van der Waals surface area contributed by atoms with E-state index in [0.717, 1.165) is 44.9 Å². The quantitative estimate of drug-likeness (QED) is 0.856. The average molecular weight is 355 g/mol. The van der Waals surface area contributed by atoms with E-state index in [4.69, 9.17) is 10.5 Å². The lowest BCUT2D eigenvalue weighted by molar-refractivity contribution is 0.296. The van der Waals surface area contributed by atoms with Gasteiger partial charge in [-0.1, -0.05) is 22.9 Å². The second-order valence-corrected chi connectivity index (χ2v) is 6.48. The van der Waals surface area contributed by atoms with Crippen molar-refractivity contribution in [1.82, 2.24) is 4.98 Å². The first kappa shape index (κ1) is 15.5. The summed E-state index contributed by atoms with van der Waals surface area (Å²) in [5.74, 6) is 0.935. The number of rotatable bonds is 6. The van der Waals surface area contributed by atoms with Crippen LogP contribution in [0.25, 0.3) is 0 Å². The van der Waals surface area contributed by atoms with E-state index < -0.39 is 0 Å². The fourth-order valence-corrected chi connectivity index (χ4v) is 3.42. The van der Waals surface area contributed by atoms with Gasteiger partial charge in [-0.15, -0.1) is 11.3 Å². The number of nitrogens with two attached hydrogens (primary N) is 1. The minimum atomic E-state index is 0.510. The molecule has 108 valence electrons. The predicted octanol–water partition coefficient (Wildman–Crippen LogP) is 3.86. The Morgan fingerprint density at radius 3 is 2.85 bits per heavy atom. The van der Waals surface area contributed by atoms with Crippen molar-refractivity contribution in [2.24, 2.45) is 5.73 Å². The van der Waals surface area contributed by atoms with Gasteiger partial charge < -0.3 is 10.5 Å². The molecular formula is C15H19BrN2OS. The lowest BCUT2D eigenvalue weighted by Crippen LogP contribution is -2.07. The van der Waals surface area contributed by atoms with E-state index in [-0.39, 0.29) is 0 Å². The number of aryl methyl sites for hydroxylation is 2. The molecule has 0 radical (unpaired) electrons. The Morgan fingerprint density at radius 2 is 2.20 bits per heavy atom. The summed E-state index contributed by atoms with van der Waals surface area (Å²) >= 11 is 5.21. The second-order valence-electron chi connectivity index (χ2n) is 4.62. The summed E-state index contributed by atoms with van der Waals surface area (Å²) in [6.07, 6.45) is 1.79. The second kappa shape index (κ2) is 7.20. The van der Waals surface area contributed by atoms with Gasteiger partial charge in [-0.3, -0.25) is 0 Å². The van der Waals surface area contributed by atoms with Gasteiger partial charge in [-0.05, 0) is 49.6 Å². The third-order valence-corrected chi connectivity index (χ3v) is 4.50. The zero-order chi connectivity index (χ0) is 14.5. The number of hydrogen-bond acceptors (Lipinski definition) is 4. The van der Waals surface area contributed by atoms with E-state index >= 15 is 0 Å². The highest BCUT2D eigenvalue weighted by Crippen LogP contribution is 2.29. The number of ether oxygens (including phenoxy) is 1. The summed E-state index contributed by atoms with van der Waals surface area (Å²) in [4.78, 5) is 4.53. The minimum Gasteiger partial charge on any atom is -0.487 e. The molecule has 0 amide bonds. The molecule has 0 aliphatic heterocycles. The topological polar surface area (TPSA) is 48.1 Å². The van der Waals surface area contributed by atoms with Gasteiger partial charge in [0.05, 0.1) is 10.7 Å². The lowest BCUT2D eigenvalue weighted by atomic mass is 10.1. The predicted molar refractivity (Wildman–Crippen MR) is 87.5 cm³/mol. The third-order valence-electron chi connectivity index (χ3n) is 3.00. The van der Waals surface area contributed by atoms with Gasteiger partial charge in [0.15, 0.2) is 0 Å². The van der Waals surface area contributed by atoms with E-state index in [1.54, 1.807) is 11.3 Å². The Balaban J connectivity index is 2.15. The van der Waals surface area contributed by atoms with Crippen molar-refractivity contribution in [3.63, 3.8) is 0 Å². The van der Waals surface area contributed by atoms with E-state index in [1.807, 2.05) is 0 Å². The maximum Gasteiger partial charge on any atom is 0.131 e. The Labute approximate surface area is 132 Å². The molecule has 2 rings (SSSR count). The number of aromatic nitrogens is 1. The van der Waals surface area contributed by atoms with Crippen LogP contribution in [0.1, 0.15) is 28.8 Å². The fraction of sp³-hybridized carbons (Fsp3) is 0.400. The molecule has 0 fully saturated rings. The number of benzene rings is 1. The Hall–Kier alpha value is -0.910. The smallest absolute Gasteiger partial charge is 0.131 e. The first-order valence-electron chi connectivity index (χ1n) is 6.69. The minimum absolute atomic E-state index is 0.510. The van der Waals surface area contributed by atoms with Crippen LogP contribution in [-0.2, 0) is 19.4 Å². The van der Waals surface area contributed by atoms with Crippen molar-refractivity contribution in [2.75, 3.05) is 6.54 Å². The standard InChI is InChI=1S/C15H19BrN2OS/c1-3-14-18-13(9-20-14)8-19-15-10(2)6-12(16)7-11(15)4-5-17/h6-7,9H,3-5,8,17H2,1-2H3. The van der Waals surface area contributed by atoms with Crippen molar-refractivity contribution < 1.29 is 4.74 Å². The summed E-state index contributed by atoms with van der Waals surface area (Å²) in [6.45, 7) is 5.29. The average Bonchev–Trinajstić information content (AvgIpc) is 2.86. The summed E-state index contributed by atoms with van der Waals surface area (Å²) in [5, 5.41) is 3.22. The number of halogens is 1. The summed E-state index contributed by atoms with van der Waals surface area (Å²) < 4.78 is 7.05. The van der Waals surface area contributed by atoms with Crippen LogP contribution in [0.15, 0.2) is 22.0 Å². The summed E-state index contributed by atoms with van der Waals surface area (Å²) in [6, 6.07) is 4.14. The van der Waals surface area contributed by atoms with Gasteiger partial charge in [-0.2, -0.15) is 0 Å². The molecule has 1 heterocycles. The third kappa shape index (κ3) is 3.81.